The molecule has 2 amide bonds. The van der Waals surface area contributed by atoms with E-state index in [0.717, 1.165) is 37.7 Å². The number of alkyl halides is 1. The first-order valence-electron chi connectivity index (χ1n) is 7.29. The standard InChI is InChI=1S/C14H21BrN2O2/c15-9-14(5-3-6-14)10-16-8-12(18)17-7-2-1-4-11(17)13(16)19/h11H,1-10H2. The second-order valence-corrected chi connectivity index (χ2v) is 6.84. The molecule has 4 nitrogen and oxygen atoms in total. The first-order valence-corrected chi connectivity index (χ1v) is 8.42. The molecule has 1 unspecified atom stereocenters. The summed E-state index contributed by atoms with van der Waals surface area (Å²) in [5.74, 6) is 0.333. The largest absolute Gasteiger partial charge is 0.331 e. The minimum Gasteiger partial charge on any atom is -0.331 e. The summed E-state index contributed by atoms with van der Waals surface area (Å²) in [4.78, 5) is 28.4. The van der Waals surface area contributed by atoms with Crippen LogP contribution in [0.15, 0.2) is 0 Å². The zero-order valence-corrected chi connectivity index (χ0v) is 12.8. The van der Waals surface area contributed by atoms with Crippen molar-refractivity contribution < 1.29 is 9.59 Å². The summed E-state index contributed by atoms with van der Waals surface area (Å²) in [6.45, 7) is 1.82. The molecule has 0 aromatic carbocycles. The molecule has 0 aromatic rings. The van der Waals surface area contributed by atoms with Gasteiger partial charge in [-0.25, -0.2) is 0 Å². The summed E-state index contributed by atoms with van der Waals surface area (Å²) < 4.78 is 0. The van der Waals surface area contributed by atoms with E-state index >= 15 is 0 Å². The number of piperazine rings is 1. The quantitative estimate of drug-likeness (QED) is 0.741. The molecule has 0 spiro atoms. The maximum Gasteiger partial charge on any atom is 0.245 e. The highest BCUT2D eigenvalue weighted by Crippen LogP contribution is 2.43. The lowest BCUT2D eigenvalue weighted by Gasteiger charge is -2.48. The molecule has 2 aliphatic heterocycles. The lowest BCUT2D eigenvalue weighted by molar-refractivity contribution is -0.159. The normalized spacial score (nSPS) is 30.1. The van der Waals surface area contributed by atoms with E-state index in [0.29, 0.717) is 6.54 Å². The molecule has 3 aliphatic rings. The molecule has 3 rings (SSSR count). The zero-order valence-electron chi connectivity index (χ0n) is 11.2. The fraction of sp³-hybridized carbons (Fsp3) is 0.857. The van der Waals surface area contributed by atoms with Gasteiger partial charge in [-0.2, -0.15) is 0 Å². The highest BCUT2D eigenvalue weighted by molar-refractivity contribution is 9.09. The number of fused-ring (bicyclic) bond motifs is 1. The number of piperidine rings is 1. The first-order chi connectivity index (χ1) is 9.15. The van der Waals surface area contributed by atoms with Crippen LogP contribution in [0.3, 0.4) is 0 Å². The van der Waals surface area contributed by atoms with Crippen molar-refractivity contribution >= 4 is 27.7 Å². The third-order valence-electron chi connectivity index (χ3n) is 4.97. The Morgan fingerprint density at radius 1 is 1.21 bits per heavy atom. The van der Waals surface area contributed by atoms with E-state index in [9.17, 15) is 9.59 Å². The predicted octanol–water partition coefficient (Wildman–Crippen LogP) is 1.77. The first kappa shape index (κ1) is 13.4. The second kappa shape index (κ2) is 5.08. The number of carbonyl (C=O) groups is 2. The molecule has 0 N–H and O–H groups in total. The maximum absolute atomic E-state index is 12.6. The number of amides is 2. The monoisotopic (exact) mass is 328 g/mol. The van der Waals surface area contributed by atoms with Crippen LogP contribution < -0.4 is 0 Å². The minimum absolute atomic E-state index is 0.147. The molecule has 106 valence electrons. The van der Waals surface area contributed by atoms with Gasteiger partial charge >= 0.3 is 0 Å². The molecule has 1 aliphatic carbocycles. The van der Waals surface area contributed by atoms with Crippen LogP contribution in [0.4, 0.5) is 0 Å². The number of hydrogen-bond donors (Lipinski definition) is 0. The van der Waals surface area contributed by atoms with E-state index in [2.05, 4.69) is 15.9 Å². The Kier molecular flexibility index (Phi) is 3.58. The molecule has 0 radical (unpaired) electrons. The summed E-state index contributed by atoms with van der Waals surface area (Å²) in [7, 11) is 0. The zero-order chi connectivity index (χ0) is 13.5. The molecule has 2 saturated heterocycles. The van der Waals surface area contributed by atoms with Crippen LogP contribution in [0.5, 0.6) is 0 Å². The average molecular weight is 329 g/mol. The molecule has 19 heavy (non-hydrogen) atoms. The van der Waals surface area contributed by atoms with Crippen molar-refractivity contribution in [1.82, 2.24) is 9.80 Å². The molecule has 3 fully saturated rings. The van der Waals surface area contributed by atoms with Crippen molar-refractivity contribution in [3.8, 4) is 0 Å². The van der Waals surface area contributed by atoms with E-state index in [4.69, 9.17) is 0 Å². The third kappa shape index (κ3) is 2.30. The van der Waals surface area contributed by atoms with Crippen molar-refractivity contribution in [2.75, 3.05) is 25.0 Å². The SMILES string of the molecule is O=C1C2CCCCN2C(=O)CN1CC1(CBr)CCC1. The van der Waals surface area contributed by atoms with Gasteiger partial charge in [-0.3, -0.25) is 9.59 Å². The van der Waals surface area contributed by atoms with E-state index < -0.39 is 0 Å². The Labute approximate surface area is 122 Å². The average Bonchev–Trinajstić information content (AvgIpc) is 2.39. The molecule has 5 heteroatoms. The van der Waals surface area contributed by atoms with Gasteiger partial charge in [0.2, 0.25) is 11.8 Å². The van der Waals surface area contributed by atoms with Gasteiger partial charge in [-0.15, -0.1) is 0 Å². The molecule has 0 bridgehead atoms. The van der Waals surface area contributed by atoms with E-state index in [1.165, 1.54) is 19.3 Å². The van der Waals surface area contributed by atoms with Crippen molar-refractivity contribution in [2.45, 2.75) is 44.6 Å². The van der Waals surface area contributed by atoms with Crippen LogP contribution in [-0.4, -0.2) is 52.6 Å². The topological polar surface area (TPSA) is 40.6 Å². The summed E-state index contributed by atoms with van der Waals surface area (Å²) in [5, 5.41) is 0.937. The molecular weight excluding hydrogens is 308 g/mol. The van der Waals surface area contributed by atoms with Crippen LogP contribution in [-0.2, 0) is 9.59 Å². The van der Waals surface area contributed by atoms with Crippen LogP contribution in [0.1, 0.15) is 38.5 Å². The fourth-order valence-electron chi connectivity index (χ4n) is 3.58. The van der Waals surface area contributed by atoms with Gasteiger partial charge in [0.1, 0.15) is 6.04 Å². The smallest absolute Gasteiger partial charge is 0.245 e. The number of nitrogens with zero attached hydrogens (tertiary/aromatic N) is 2. The van der Waals surface area contributed by atoms with Gasteiger partial charge < -0.3 is 9.80 Å². The Morgan fingerprint density at radius 2 is 2.00 bits per heavy atom. The maximum atomic E-state index is 12.6. The highest BCUT2D eigenvalue weighted by atomic mass is 79.9. The van der Waals surface area contributed by atoms with Crippen molar-refractivity contribution in [1.29, 1.82) is 0 Å². The van der Waals surface area contributed by atoms with Crippen molar-refractivity contribution in [3.63, 3.8) is 0 Å². The summed E-state index contributed by atoms with van der Waals surface area (Å²) in [6.07, 6.45) is 6.55. The van der Waals surface area contributed by atoms with Crippen LogP contribution in [0.2, 0.25) is 0 Å². The van der Waals surface area contributed by atoms with Gasteiger partial charge in [0.05, 0.1) is 6.54 Å². The Balaban J connectivity index is 1.72. The highest BCUT2D eigenvalue weighted by Gasteiger charge is 2.45. The van der Waals surface area contributed by atoms with Gasteiger partial charge in [0.15, 0.2) is 0 Å². The second-order valence-electron chi connectivity index (χ2n) is 6.28. The van der Waals surface area contributed by atoms with Crippen molar-refractivity contribution in [2.24, 2.45) is 5.41 Å². The Hall–Kier alpha value is -0.580. The van der Waals surface area contributed by atoms with Crippen LogP contribution in [0.25, 0.3) is 0 Å². The molecule has 1 atom stereocenters. The lowest BCUT2D eigenvalue weighted by atomic mass is 9.70. The molecular formula is C14H21BrN2O2. The Bertz CT molecular complexity index is 389. The summed E-state index contributed by atoms with van der Waals surface area (Å²) in [5.41, 5.74) is 0.229. The Morgan fingerprint density at radius 3 is 2.63 bits per heavy atom. The van der Waals surface area contributed by atoms with Gasteiger partial charge in [-0.05, 0) is 37.5 Å². The summed E-state index contributed by atoms with van der Waals surface area (Å²) >= 11 is 3.58. The minimum atomic E-state index is -0.164. The molecule has 0 aromatic heterocycles. The number of halogens is 1. The predicted molar refractivity (Wildman–Crippen MR) is 76.0 cm³/mol. The van der Waals surface area contributed by atoms with Crippen molar-refractivity contribution in [3.05, 3.63) is 0 Å². The van der Waals surface area contributed by atoms with Gasteiger partial charge in [0, 0.05) is 18.4 Å². The van der Waals surface area contributed by atoms with E-state index in [-0.39, 0.29) is 23.3 Å². The number of carbonyl (C=O) groups excluding carboxylic acids is 2. The fourth-order valence-corrected chi connectivity index (χ4v) is 4.32. The molecule has 2 heterocycles. The van der Waals surface area contributed by atoms with E-state index in [1.54, 1.807) is 0 Å². The lowest BCUT2D eigenvalue weighted by Crippen LogP contribution is -2.63. The number of rotatable bonds is 3. The third-order valence-corrected chi connectivity index (χ3v) is 6.16. The summed E-state index contributed by atoms with van der Waals surface area (Å²) in [6, 6.07) is -0.164. The number of hydrogen-bond acceptors (Lipinski definition) is 2. The van der Waals surface area contributed by atoms with Gasteiger partial charge in [0.25, 0.3) is 0 Å². The van der Waals surface area contributed by atoms with Crippen LogP contribution in [0, 0.1) is 5.41 Å². The molecule has 1 saturated carbocycles. The van der Waals surface area contributed by atoms with Gasteiger partial charge in [-0.1, -0.05) is 22.4 Å². The van der Waals surface area contributed by atoms with Crippen LogP contribution >= 0.6 is 15.9 Å². The van der Waals surface area contributed by atoms with E-state index in [1.807, 2.05) is 9.80 Å².